The fourth-order valence-corrected chi connectivity index (χ4v) is 2.27. The van der Waals surface area contributed by atoms with Crippen molar-refractivity contribution in [2.75, 3.05) is 5.32 Å². The third-order valence-corrected chi connectivity index (χ3v) is 3.38. The van der Waals surface area contributed by atoms with Crippen molar-refractivity contribution >= 4 is 11.7 Å². The van der Waals surface area contributed by atoms with E-state index in [0.717, 1.165) is 30.0 Å². The molecule has 4 nitrogen and oxygen atoms in total. The number of benzene rings is 1. The van der Waals surface area contributed by atoms with Crippen molar-refractivity contribution in [1.82, 2.24) is 5.32 Å². The molecule has 1 aliphatic rings. The second-order valence-electron chi connectivity index (χ2n) is 5.29. The zero-order valence-electron chi connectivity index (χ0n) is 10.9. The molecule has 1 aromatic rings. The average Bonchev–Trinajstić information content (AvgIpc) is 2.27. The van der Waals surface area contributed by atoms with Gasteiger partial charge in [0.1, 0.15) is 0 Å². The van der Waals surface area contributed by atoms with E-state index in [9.17, 15) is 4.79 Å². The first-order chi connectivity index (χ1) is 8.54. The maximum atomic E-state index is 11.8. The molecule has 0 aromatic heterocycles. The van der Waals surface area contributed by atoms with Crippen LogP contribution in [0.25, 0.3) is 0 Å². The van der Waals surface area contributed by atoms with Gasteiger partial charge in [0, 0.05) is 17.8 Å². The molecule has 0 spiro atoms. The predicted octanol–water partition coefficient (Wildman–Crippen LogP) is 2.63. The summed E-state index contributed by atoms with van der Waals surface area (Å²) in [5.41, 5.74) is 7.62. The largest absolute Gasteiger partial charge is 0.335 e. The van der Waals surface area contributed by atoms with E-state index in [1.165, 1.54) is 0 Å². The number of amides is 2. The molecule has 18 heavy (non-hydrogen) atoms. The van der Waals surface area contributed by atoms with Gasteiger partial charge in [-0.1, -0.05) is 19.1 Å². The molecule has 0 aliphatic heterocycles. The lowest BCUT2D eigenvalue weighted by Gasteiger charge is -2.33. The first kappa shape index (κ1) is 12.9. The van der Waals surface area contributed by atoms with Crippen molar-refractivity contribution < 1.29 is 4.79 Å². The van der Waals surface area contributed by atoms with E-state index in [1.807, 2.05) is 31.2 Å². The van der Waals surface area contributed by atoms with Crippen LogP contribution >= 0.6 is 0 Å². The molecule has 1 aliphatic carbocycles. The van der Waals surface area contributed by atoms with Crippen LogP contribution in [-0.2, 0) is 0 Å². The molecule has 4 heteroatoms. The SMILES string of the molecule is CC1CC(NC(=O)Nc2cccc(C(C)N)c2)C1. The Hall–Kier alpha value is -1.55. The van der Waals surface area contributed by atoms with Gasteiger partial charge in [-0.25, -0.2) is 4.79 Å². The lowest BCUT2D eigenvalue weighted by molar-refractivity contribution is 0.219. The predicted molar refractivity (Wildman–Crippen MR) is 73.4 cm³/mol. The molecule has 1 unspecified atom stereocenters. The lowest BCUT2D eigenvalue weighted by Crippen LogP contribution is -2.45. The van der Waals surface area contributed by atoms with Gasteiger partial charge in [-0.3, -0.25) is 0 Å². The summed E-state index contributed by atoms with van der Waals surface area (Å²) in [5, 5.41) is 5.81. The van der Waals surface area contributed by atoms with E-state index in [0.29, 0.717) is 6.04 Å². The Morgan fingerprint density at radius 2 is 2.17 bits per heavy atom. The number of nitrogens with one attached hydrogen (secondary N) is 2. The number of nitrogens with two attached hydrogens (primary N) is 1. The van der Waals surface area contributed by atoms with Gasteiger partial charge in [0.15, 0.2) is 0 Å². The Morgan fingerprint density at radius 3 is 2.78 bits per heavy atom. The van der Waals surface area contributed by atoms with E-state index >= 15 is 0 Å². The maximum absolute atomic E-state index is 11.8. The number of carbonyl (C=O) groups is 1. The third-order valence-electron chi connectivity index (χ3n) is 3.38. The Labute approximate surface area is 108 Å². The second-order valence-corrected chi connectivity index (χ2v) is 5.29. The standard InChI is InChI=1S/C14H21N3O/c1-9-6-13(7-9)17-14(18)16-12-5-3-4-11(8-12)10(2)15/h3-5,8-10,13H,6-7,15H2,1-2H3,(H2,16,17,18). The summed E-state index contributed by atoms with van der Waals surface area (Å²) in [6.45, 7) is 4.12. The van der Waals surface area contributed by atoms with Gasteiger partial charge in [-0.05, 0) is 43.4 Å². The summed E-state index contributed by atoms with van der Waals surface area (Å²) >= 11 is 0. The molecule has 1 atom stereocenters. The van der Waals surface area contributed by atoms with Crippen LogP contribution in [0.3, 0.4) is 0 Å². The van der Waals surface area contributed by atoms with Crippen LogP contribution in [0, 0.1) is 5.92 Å². The van der Waals surface area contributed by atoms with Crippen molar-refractivity contribution in [3.05, 3.63) is 29.8 Å². The van der Waals surface area contributed by atoms with Gasteiger partial charge < -0.3 is 16.4 Å². The summed E-state index contributed by atoms with van der Waals surface area (Å²) < 4.78 is 0. The Kier molecular flexibility index (Phi) is 3.87. The van der Waals surface area contributed by atoms with Gasteiger partial charge in [-0.15, -0.1) is 0 Å². The highest BCUT2D eigenvalue weighted by molar-refractivity contribution is 5.89. The lowest BCUT2D eigenvalue weighted by atomic mass is 9.82. The highest BCUT2D eigenvalue weighted by Gasteiger charge is 2.26. The van der Waals surface area contributed by atoms with Crippen molar-refractivity contribution in [1.29, 1.82) is 0 Å². The number of carbonyl (C=O) groups excluding carboxylic acids is 1. The first-order valence-corrected chi connectivity index (χ1v) is 6.47. The molecule has 0 radical (unpaired) electrons. The quantitative estimate of drug-likeness (QED) is 0.768. The maximum Gasteiger partial charge on any atom is 0.319 e. The molecule has 1 aromatic carbocycles. The number of rotatable bonds is 3. The van der Waals surface area contributed by atoms with Crippen LogP contribution in [0.5, 0.6) is 0 Å². The number of hydrogen-bond acceptors (Lipinski definition) is 2. The fraction of sp³-hybridized carbons (Fsp3) is 0.500. The van der Waals surface area contributed by atoms with Crippen LogP contribution in [0.2, 0.25) is 0 Å². The van der Waals surface area contributed by atoms with Gasteiger partial charge in [-0.2, -0.15) is 0 Å². The second kappa shape index (κ2) is 5.40. The van der Waals surface area contributed by atoms with Crippen molar-refractivity contribution in [3.63, 3.8) is 0 Å². The van der Waals surface area contributed by atoms with Crippen LogP contribution < -0.4 is 16.4 Å². The molecule has 2 amide bonds. The van der Waals surface area contributed by atoms with Gasteiger partial charge in [0.25, 0.3) is 0 Å². The van der Waals surface area contributed by atoms with Crippen LogP contribution in [0.4, 0.5) is 10.5 Å². The van der Waals surface area contributed by atoms with Gasteiger partial charge in [0.05, 0.1) is 0 Å². The molecule has 2 rings (SSSR count). The molecule has 0 bridgehead atoms. The summed E-state index contributed by atoms with van der Waals surface area (Å²) in [5.74, 6) is 0.733. The van der Waals surface area contributed by atoms with Crippen LogP contribution in [0.1, 0.15) is 38.3 Å². The smallest absolute Gasteiger partial charge is 0.319 e. The highest BCUT2D eigenvalue weighted by atomic mass is 16.2. The van der Waals surface area contributed by atoms with Crippen LogP contribution in [-0.4, -0.2) is 12.1 Å². The summed E-state index contributed by atoms with van der Waals surface area (Å²) in [4.78, 5) is 11.8. The van der Waals surface area contributed by atoms with E-state index in [1.54, 1.807) is 0 Å². The number of hydrogen-bond donors (Lipinski definition) is 3. The normalized spacial score (nSPS) is 23.9. The van der Waals surface area contributed by atoms with Gasteiger partial charge in [0.2, 0.25) is 0 Å². The van der Waals surface area contributed by atoms with E-state index < -0.39 is 0 Å². The third kappa shape index (κ3) is 3.23. The minimum absolute atomic E-state index is 0.0257. The summed E-state index contributed by atoms with van der Waals surface area (Å²) in [6, 6.07) is 7.82. The van der Waals surface area contributed by atoms with E-state index in [2.05, 4.69) is 17.6 Å². The summed E-state index contributed by atoms with van der Waals surface area (Å²) in [7, 11) is 0. The Morgan fingerprint density at radius 1 is 1.44 bits per heavy atom. The average molecular weight is 247 g/mol. The van der Waals surface area contributed by atoms with E-state index in [-0.39, 0.29) is 12.1 Å². The molecule has 0 heterocycles. The monoisotopic (exact) mass is 247 g/mol. The van der Waals surface area contributed by atoms with Gasteiger partial charge >= 0.3 is 6.03 Å². The zero-order valence-corrected chi connectivity index (χ0v) is 10.9. The van der Waals surface area contributed by atoms with E-state index in [4.69, 9.17) is 5.73 Å². The fourth-order valence-electron chi connectivity index (χ4n) is 2.27. The van der Waals surface area contributed by atoms with Crippen molar-refractivity contribution in [3.8, 4) is 0 Å². The minimum Gasteiger partial charge on any atom is -0.335 e. The summed E-state index contributed by atoms with van der Waals surface area (Å²) in [6.07, 6.45) is 2.15. The molecular formula is C14H21N3O. The Bertz CT molecular complexity index is 425. The molecule has 0 saturated heterocycles. The molecule has 98 valence electrons. The minimum atomic E-state index is -0.131. The number of urea groups is 1. The molecule has 1 saturated carbocycles. The molecular weight excluding hydrogens is 226 g/mol. The Balaban J connectivity index is 1.88. The van der Waals surface area contributed by atoms with Crippen LogP contribution in [0.15, 0.2) is 24.3 Å². The number of anilines is 1. The van der Waals surface area contributed by atoms with Crippen molar-refractivity contribution in [2.24, 2.45) is 11.7 Å². The molecule has 4 N–H and O–H groups in total. The first-order valence-electron chi connectivity index (χ1n) is 6.47. The topological polar surface area (TPSA) is 67.2 Å². The highest BCUT2D eigenvalue weighted by Crippen LogP contribution is 2.26. The zero-order chi connectivity index (χ0) is 13.1. The van der Waals surface area contributed by atoms with Crippen molar-refractivity contribution in [2.45, 2.75) is 38.8 Å². The molecule has 1 fully saturated rings.